The molecule has 1 heterocycles. The van der Waals surface area contributed by atoms with Crippen LogP contribution in [0.2, 0.25) is 0 Å². The summed E-state index contributed by atoms with van der Waals surface area (Å²) in [6, 6.07) is 14.7. The Bertz CT molecular complexity index is 972. The van der Waals surface area contributed by atoms with Crippen LogP contribution in [0.4, 0.5) is 11.4 Å². The average molecular weight is 408 g/mol. The molecule has 2 aromatic carbocycles. The Morgan fingerprint density at radius 3 is 2.53 bits per heavy atom. The predicted molar refractivity (Wildman–Crippen MR) is 114 cm³/mol. The maximum Gasteiger partial charge on any atom is 0.243 e. The third-order valence-corrected chi connectivity index (χ3v) is 4.56. The Morgan fingerprint density at radius 2 is 1.83 bits per heavy atom. The number of rotatable bonds is 7. The molecule has 0 bridgehead atoms. The van der Waals surface area contributed by atoms with Crippen LogP contribution in [0.1, 0.15) is 31.7 Å². The molecule has 8 heteroatoms. The van der Waals surface area contributed by atoms with E-state index in [1.54, 1.807) is 18.2 Å². The smallest absolute Gasteiger partial charge is 0.243 e. The molecule has 0 radical (unpaired) electrons. The zero-order chi connectivity index (χ0) is 21.5. The van der Waals surface area contributed by atoms with Gasteiger partial charge in [0.05, 0.1) is 25.1 Å². The molecule has 0 aromatic heterocycles. The lowest BCUT2D eigenvalue weighted by molar-refractivity contribution is -0.132. The number of nitrogens with one attached hydrogen (secondary N) is 2. The average Bonchev–Trinajstić information content (AvgIpc) is 3.23. The highest BCUT2D eigenvalue weighted by Gasteiger charge is 2.22. The number of benzene rings is 2. The van der Waals surface area contributed by atoms with Crippen LogP contribution in [0.15, 0.2) is 53.6 Å². The third-order valence-electron chi connectivity index (χ3n) is 4.56. The zero-order valence-electron chi connectivity index (χ0n) is 17.0. The molecule has 3 amide bonds. The van der Waals surface area contributed by atoms with Crippen molar-refractivity contribution in [1.29, 1.82) is 0 Å². The summed E-state index contributed by atoms with van der Waals surface area (Å²) in [6.07, 6.45) is 0.749. The van der Waals surface area contributed by atoms with Crippen molar-refractivity contribution >= 4 is 34.8 Å². The van der Waals surface area contributed by atoms with Gasteiger partial charge >= 0.3 is 0 Å². The van der Waals surface area contributed by atoms with E-state index in [0.29, 0.717) is 30.1 Å². The standard InChI is InChI=1S/C22H24N4O4/c1-15(27)23-17-8-9-20(30-2)19(14-17)24-21(28)10-11-22(29)26-13-12-18(25-26)16-6-4-3-5-7-16/h3-9,14H,10-13H2,1-2H3,(H,23,27)(H,24,28). The minimum Gasteiger partial charge on any atom is -0.495 e. The maximum absolute atomic E-state index is 12.4. The van der Waals surface area contributed by atoms with E-state index in [0.717, 1.165) is 11.3 Å². The van der Waals surface area contributed by atoms with Crippen LogP contribution in [-0.2, 0) is 14.4 Å². The molecule has 0 atom stereocenters. The normalized spacial score (nSPS) is 12.9. The second-order valence-electron chi connectivity index (χ2n) is 6.82. The highest BCUT2D eigenvalue weighted by atomic mass is 16.5. The van der Waals surface area contributed by atoms with Crippen molar-refractivity contribution in [3.63, 3.8) is 0 Å². The van der Waals surface area contributed by atoms with E-state index in [-0.39, 0.29) is 30.6 Å². The van der Waals surface area contributed by atoms with Crippen molar-refractivity contribution in [3.05, 3.63) is 54.1 Å². The van der Waals surface area contributed by atoms with Crippen LogP contribution in [0, 0.1) is 0 Å². The number of anilines is 2. The first-order chi connectivity index (χ1) is 14.5. The van der Waals surface area contributed by atoms with Crippen molar-refractivity contribution in [2.45, 2.75) is 26.2 Å². The fourth-order valence-electron chi connectivity index (χ4n) is 3.12. The van der Waals surface area contributed by atoms with Gasteiger partial charge in [-0.15, -0.1) is 0 Å². The Labute approximate surface area is 174 Å². The number of carbonyl (C=O) groups is 3. The molecule has 1 aliphatic heterocycles. The highest BCUT2D eigenvalue weighted by molar-refractivity contribution is 6.03. The van der Waals surface area contributed by atoms with Crippen molar-refractivity contribution in [1.82, 2.24) is 5.01 Å². The molecule has 0 fully saturated rings. The van der Waals surface area contributed by atoms with E-state index in [1.807, 2.05) is 30.3 Å². The van der Waals surface area contributed by atoms with Crippen molar-refractivity contribution in [2.75, 3.05) is 24.3 Å². The second-order valence-corrected chi connectivity index (χ2v) is 6.82. The van der Waals surface area contributed by atoms with Gasteiger partial charge in [-0.3, -0.25) is 14.4 Å². The number of ether oxygens (including phenoxy) is 1. The minimum atomic E-state index is -0.326. The third kappa shape index (κ3) is 5.44. The molecular weight excluding hydrogens is 384 g/mol. The molecule has 0 saturated heterocycles. The number of hydrazone groups is 1. The first-order valence-electron chi connectivity index (χ1n) is 9.65. The maximum atomic E-state index is 12.4. The SMILES string of the molecule is COc1ccc(NC(C)=O)cc1NC(=O)CCC(=O)N1CCC(c2ccccc2)=N1. The van der Waals surface area contributed by atoms with E-state index in [9.17, 15) is 14.4 Å². The van der Waals surface area contributed by atoms with E-state index >= 15 is 0 Å². The Hall–Kier alpha value is -3.68. The lowest BCUT2D eigenvalue weighted by Crippen LogP contribution is -2.25. The van der Waals surface area contributed by atoms with Gasteiger partial charge in [-0.25, -0.2) is 5.01 Å². The van der Waals surface area contributed by atoms with E-state index in [2.05, 4.69) is 15.7 Å². The van der Waals surface area contributed by atoms with Gasteiger partial charge in [0.15, 0.2) is 0 Å². The summed E-state index contributed by atoms with van der Waals surface area (Å²) >= 11 is 0. The van der Waals surface area contributed by atoms with Gasteiger partial charge in [0.2, 0.25) is 17.7 Å². The molecule has 2 aromatic rings. The minimum absolute atomic E-state index is 0.0129. The second kappa shape index (κ2) is 9.69. The largest absolute Gasteiger partial charge is 0.495 e. The molecule has 0 unspecified atom stereocenters. The van der Waals surface area contributed by atoms with Crippen LogP contribution < -0.4 is 15.4 Å². The number of amides is 3. The quantitative estimate of drug-likeness (QED) is 0.735. The van der Waals surface area contributed by atoms with Gasteiger partial charge in [0.25, 0.3) is 0 Å². The van der Waals surface area contributed by atoms with Crippen LogP contribution in [0.5, 0.6) is 5.75 Å². The summed E-state index contributed by atoms with van der Waals surface area (Å²) < 4.78 is 5.25. The van der Waals surface area contributed by atoms with Gasteiger partial charge < -0.3 is 15.4 Å². The van der Waals surface area contributed by atoms with E-state index in [4.69, 9.17) is 4.74 Å². The molecule has 2 N–H and O–H groups in total. The monoisotopic (exact) mass is 408 g/mol. The van der Waals surface area contributed by atoms with Gasteiger partial charge in [-0.1, -0.05) is 30.3 Å². The first kappa shape index (κ1) is 21.0. The van der Waals surface area contributed by atoms with E-state index in [1.165, 1.54) is 19.0 Å². The molecule has 30 heavy (non-hydrogen) atoms. The van der Waals surface area contributed by atoms with Gasteiger partial charge in [-0.2, -0.15) is 5.10 Å². The van der Waals surface area contributed by atoms with Crippen LogP contribution in [0.3, 0.4) is 0 Å². The lowest BCUT2D eigenvalue weighted by Gasteiger charge is -2.13. The summed E-state index contributed by atoms with van der Waals surface area (Å²) in [6.45, 7) is 1.91. The Kier molecular flexibility index (Phi) is 6.79. The van der Waals surface area contributed by atoms with E-state index < -0.39 is 0 Å². The molecule has 0 spiro atoms. The summed E-state index contributed by atoms with van der Waals surface area (Å²) in [7, 11) is 1.49. The summed E-state index contributed by atoms with van der Waals surface area (Å²) in [4.78, 5) is 36.0. The number of hydrogen-bond donors (Lipinski definition) is 2. The summed E-state index contributed by atoms with van der Waals surface area (Å²) in [5.74, 6) is -0.285. The predicted octanol–water partition coefficient (Wildman–Crippen LogP) is 3.01. The van der Waals surface area contributed by atoms with Crippen molar-refractivity contribution < 1.29 is 19.1 Å². The molecule has 1 aliphatic rings. The van der Waals surface area contributed by atoms with Crippen molar-refractivity contribution in [3.8, 4) is 5.75 Å². The molecule has 0 aliphatic carbocycles. The molecule has 156 valence electrons. The van der Waals surface area contributed by atoms with Crippen LogP contribution >= 0.6 is 0 Å². The Balaban J connectivity index is 1.56. The molecule has 8 nitrogen and oxygen atoms in total. The Morgan fingerprint density at radius 1 is 1.07 bits per heavy atom. The highest BCUT2D eigenvalue weighted by Crippen LogP contribution is 2.28. The van der Waals surface area contributed by atoms with Crippen molar-refractivity contribution in [2.24, 2.45) is 5.10 Å². The molecular formula is C22H24N4O4. The van der Waals surface area contributed by atoms with Crippen LogP contribution in [0.25, 0.3) is 0 Å². The van der Waals surface area contributed by atoms with Crippen LogP contribution in [-0.4, -0.2) is 42.1 Å². The number of nitrogens with zero attached hydrogens (tertiary/aromatic N) is 2. The number of carbonyl (C=O) groups excluding carboxylic acids is 3. The summed E-state index contributed by atoms with van der Waals surface area (Å²) in [5.41, 5.74) is 2.82. The zero-order valence-corrected chi connectivity index (χ0v) is 17.0. The lowest BCUT2D eigenvalue weighted by atomic mass is 10.1. The fourth-order valence-corrected chi connectivity index (χ4v) is 3.12. The molecule has 0 saturated carbocycles. The number of methoxy groups -OCH3 is 1. The fraction of sp³-hybridized carbons (Fsp3) is 0.273. The first-order valence-corrected chi connectivity index (χ1v) is 9.65. The topological polar surface area (TPSA) is 100 Å². The van der Waals surface area contributed by atoms with Gasteiger partial charge in [0.1, 0.15) is 5.75 Å². The van der Waals surface area contributed by atoms with Gasteiger partial charge in [-0.05, 0) is 23.8 Å². The number of hydrogen-bond acceptors (Lipinski definition) is 5. The van der Waals surface area contributed by atoms with Gasteiger partial charge in [0, 0.05) is 31.9 Å². The molecule has 3 rings (SSSR count). The summed E-state index contributed by atoms with van der Waals surface area (Å²) in [5, 5.41) is 11.2.